The van der Waals surface area contributed by atoms with Crippen molar-refractivity contribution in [1.29, 1.82) is 0 Å². The van der Waals surface area contributed by atoms with E-state index < -0.39 is 5.56 Å². The smallest absolute Gasteiger partial charge is 0.280 e. The highest BCUT2D eigenvalue weighted by atomic mass is 16.3. The number of fused-ring (bicyclic) bond motifs is 1. The molecule has 0 amide bonds. The molecule has 0 bridgehead atoms. The van der Waals surface area contributed by atoms with E-state index in [0.29, 0.717) is 11.5 Å². The highest BCUT2D eigenvalue weighted by Gasteiger charge is 2.11. The summed E-state index contributed by atoms with van der Waals surface area (Å²) in [6.07, 6.45) is 0. The van der Waals surface area contributed by atoms with Gasteiger partial charge in [0, 0.05) is 7.05 Å². The van der Waals surface area contributed by atoms with Gasteiger partial charge >= 0.3 is 0 Å². The lowest BCUT2D eigenvalue weighted by Gasteiger charge is -1.96. The van der Waals surface area contributed by atoms with Crippen LogP contribution in [0.5, 0.6) is 0 Å². The number of H-pyrrole nitrogens is 1. The highest BCUT2D eigenvalue weighted by molar-refractivity contribution is 5.71. The zero-order valence-electron chi connectivity index (χ0n) is 7.48. The molecule has 0 unspecified atom stereocenters. The number of rotatable bonds is 1. The van der Waals surface area contributed by atoms with Crippen molar-refractivity contribution < 1.29 is 5.11 Å². The third kappa shape index (κ3) is 1.06. The minimum atomic E-state index is -0.400. The zero-order chi connectivity index (χ0) is 10.3. The molecular formula is C7H9N5O2. The van der Waals surface area contributed by atoms with Gasteiger partial charge in [-0.2, -0.15) is 4.98 Å². The minimum Gasteiger partial charge on any atom is -0.388 e. The second-order valence-electron chi connectivity index (χ2n) is 2.87. The van der Waals surface area contributed by atoms with Crippen molar-refractivity contribution in [3.63, 3.8) is 0 Å². The van der Waals surface area contributed by atoms with Crippen LogP contribution in [-0.4, -0.2) is 24.6 Å². The molecule has 7 heteroatoms. The molecule has 0 saturated heterocycles. The molecule has 0 aliphatic carbocycles. The van der Waals surface area contributed by atoms with Gasteiger partial charge in [-0.15, -0.1) is 0 Å². The van der Waals surface area contributed by atoms with Crippen LogP contribution >= 0.6 is 0 Å². The average molecular weight is 195 g/mol. The van der Waals surface area contributed by atoms with Crippen LogP contribution in [0.4, 0.5) is 5.95 Å². The minimum absolute atomic E-state index is 0.0370. The summed E-state index contributed by atoms with van der Waals surface area (Å²) >= 11 is 0. The molecule has 0 aliphatic heterocycles. The Kier molecular flexibility index (Phi) is 1.74. The quantitative estimate of drug-likeness (QED) is 0.525. The molecule has 0 aromatic carbocycles. The Hall–Kier alpha value is -1.89. The summed E-state index contributed by atoms with van der Waals surface area (Å²) in [5.41, 5.74) is 5.53. The number of nitrogens with zero attached hydrogens (tertiary/aromatic N) is 3. The van der Waals surface area contributed by atoms with Gasteiger partial charge in [0.15, 0.2) is 11.2 Å². The number of imidazole rings is 1. The Morgan fingerprint density at radius 1 is 1.57 bits per heavy atom. The molecule has 2 rings (SSSR count). The summed E-state index contributed by atoms with van der Waals surface area (Å²) in [5, 5.41) is 8.93. The number of aromatic nitrogens is 4. The van der Waals surface area contributed by atoms with Crippen molar-refractivity contribution in [3.8, 4) is 0 Å². The van der Waals surface area contributed by atoms with Gasteiger partial charge in [0.1, 0.15) is 12.4 Å². The van der Waals surface area contributed by atoms with E-state index >= 15 is 0 Å². The van der Waals surface area contributed by atoms with Crippen molar-refractivity contribution in [1.82, 2.24) is 19.5 Å². The first-order valence-electron chi connectivity index (χ1n) is 3.95. The van der Waals surface area contributed by atoms with Crippen LogP contribution in [0.2, 0.25) is 0 Å². The molecular weight excluding hydrogens is 186 g/mol. The number of nitrogens with one attached hydrogen (secondary N) is 1. The second kappa shape index (κ2) is 2.81. The SMILES string of the molecule is Cn1c(CO)nc2c(=O)[nH]c(N)nc21. The van der Waals surface area contributed by atoms with Crippen LogP contribution in [0.15, 0.2) is 4.79 Å². The predicted molar refractivity (Wildman–Crippen MR) is 49.5 cm³/mol. The van der Waals surface area contributed by atoms with Crippen LogP contribution in [0, 0.1) is 0 Å². The van der Waals surface area contributed by atoms with Crippen LogP contribution in [0.1, 0.15) is 5.82 Å². The van der Waals surface area contributed by atoms with E-state index in [-0.39, 0.29) is 18.1 Å². The Labute approximate surface area is 78.2 Å². The highest BCUT2D eigenvalue weighted by Crippen LogP contribution is 2.08. The molecule has 14 heavy (non-hydrogen) atoms. The van der Waals surface area contributed by atoms with Gasteiger partial charge in [0.25, 0.3) is 5.56 Å². The van der Waals surface area contributed by atoms with Crippen LogP contribution < -0.4 is 11.3 Å². The number of hydrogen-bond acceptors (Lipinski definition) is 5. The van der Waals surface area contributed by atoms with Gasteiger partial charge < -0.3 is 15.4 Å². The van der Waals surface area contributed by atoms with Gasteiger partial charge in [-0.05, 0) is 0 Å². The average Bonchev–Trinajstić information content (AvgIpc) is 2.44. The standard InChI is InChI=1S/C7H9N5O2/c1-12-3(2-13)9-4-5(12)10-7(8)11-6(4)14/h13H,2H2,1H3,(H3,8,10,11,14). The maximum atomic E-state index is 11.3. The lowest BCUT2D eigenvalue weighted by Crippen LogP contribution is -2.11. The lowest BCUT2D eigenvalue weighted by molar-refractivity contribution is 0.268. The second-order valence-corrected chi connectivity index (χ2v) is 2.87. The molecule has 0 radical (unpaired) electrons. The van der Waals surface area contributed by atoms with Crippen molar-refractivity contribution in [2.75, 3.05) is 5.73 Å². The van der Waals surface area contributed by atoms with Crippen LogP contribution in [0.3, 0.4) is 0 Å². The summed E-state index contributed by atoms with van der Waals surface area (Å²) in [4.78, 5) is 21.5. The largest absolute Gasteiger partial charge is 0.388 e. The summed E-state index contributed by atoms with van der Waals surface area (Å²) in [6, 6.07) is 0. The molecule has 74 valence electrons. The zero-order valence-corrected chi connectivity index (χ0v) is 7.48. The Balaban J connectivity index is 2.92. The van der Waals surface area contributed by atoms with E-state index in [0.717, 1.165) is 0 Å². The number of hydrogen-bond donors (Lipinski definition) is 3. The third-order valence-electron chi connectivity index (χ3n) is 1.98. The number of aromatic amines is 1. The molecule has 0 aliphatic rings. The van der Waals surface area contributed by atoms with E-state index in [2.05, 4.69) is 15.0 Å². The Morgan fingerprint density at radius 3 is 2.93 bits per heavy atom. The summed E-state index contributed by atoms with van der Waals surface area (Å²) < 4.78 is 1.53. The van der Waals surface area contributed by atoms with Gasteiger partial charge in [-0.25, -0.2) is 4.98 Å². The van der Waals surface area contributed by atoms with Gasteiger partial charge in [0.05, 0.1) is 0 Å². The normalized spacial score (nSPS) is 11.0. The molecule has 0 atom stereocenters. The molecule has 0 spiro atoms. The summed E-state index contributed by atoms with van der Waals surface area (Å²) in [5.74, 6) is 0.415. The fourth-order valence-corrected chi connectivity index (χ4v) is 1.27. The monoisotopic (exact) mass is 195 g/mol. The van der Waals surface area contributed by atoms with E-state index in [1.807, 2.05) is 0 Å². The number of aliphatic hydroxyl groups excluding tert-OH is 1. The lowest BCUT2D eigenvalue weighted by atomic mass is 10.5. The van der Waals surface area contributed by atoms with Gasteiger partial charge in [-0.1, -0.05) is 0 Å². The summed E-state index contributed by atoms with van der Waals surface area (Å²) in [6.45, 7) is -0.244. The van der Waals surface area contributed by atoms with Gasteiger partial charge in [0.2, 0.25) is 5.95 Å². The van der Waals surface area contributed by atoms with Gasteiger partial charge in [-0.3, -0.25) is 9.78 Å². The molecule has 0 fully saturated rings. The Bertz CT molecular complexity index is 541. The summed E-state index contributed by atoms with van der Waals surface area (Å²) in [7, 11) is 1.66. The van der Waals surface area contributed by atoms with E-state index in [1.54, 1.807) is 7.05 Å². The molecule has 2 heterocycles. The molecule has 2 aromatic rings. The number of nitrogen functional groups attached to an aromatic ring is 1. The first kappa shape index (κ1) is 8.70. The predicted octanol–water partition coefficient (Wildman–Crippen LogP) is -1.27. The van der Waals surface area contributed by atoms with Crippen LogP contribution in [0.25, 0.3) is 11.2 Å². The topological polar surface area (TPSA) is 110 Å². The maximum Gasteiger partial charge on any atom is 0.280 e. The molecule has 0 saturated carbocycles. The fourth-order valence-electron chi connectivity index (χ4n) is 1.27. The maximum absolute atomic E-state index is 11.3. The van der Waals surface area contributed by atoms with Crippen LogP contribution in [-0.2, 0) is 13.7 Å². The van der Waals surface area contributed by atoms with Crippen molar-refractivity contribution in [2.45, 2.75) is 6.61 Å². The van der Waals surface area contributed by atoms with E-state index in [9.17, 15) is 4.79 Å². The molecule has 7 nitrogen and oxygen atoms in total. The third-order valence-corrected chi connectivity index (χ3v) is 1.98. The van der Waals surface area contributed by atoms with Crippen molar-refractivity contribution >= 4 is 17.1 Å². The van der Waals surface area contributed by atoms with Crippen molar-refractivity contribution in [3.05, 3.63) is 16.2 Å². The number of aryl methyl sites for hydroxylation is 1. The molecule has 4 N–H and O–H groups in total. The van der Waals surface area contributed by atoms with E-state index in [1.165, 1.54) is 4.57 Å². The number of aliphatic hydroxyl groups is 1. The first-order chi connectivity index (χ1) is 6.63. The van der Waals surface area contributed by atoms with Crippen molar-refractivity contribution in [2.24, 2.45) is 7.05 Å². The fraction of sp³-hybridized carbons (Fsp3) is 0.286. The Morgan fingerprint density at radius 2 is 2.29 bits per heavy atom. The number of anilines is 1. The van der Waals surface area contributed by atoms with E-state index in [4.69, 9.17) is 10.8 Å². The number of nitrogens with two attached hydrogens (primary N) is 1. The molecule has 2 aromatic heterocycles. The first-order valence-corrected chi connectivity index (χ1v) is 3.95.